The Morgan fingerprint density at radius 2 is 0.794 bits per heavy atom. The van der Waals surface area contributed by atoms with Crippen LogP contribution < -0.4 is 0 Å². The van der Waals surface area contributed by atoms with Crippen LogP contribution in [0.15, 0.2) is 146 Å². The first-order valence-corrected chi connectivity index (χ1v) is 11.4. The minimum atomic E-state index is 0.810. The lowest BCUT2D eigenvalue weighted by Crippen LogP contribution is -1.90. The van der Waals surface area contributed by atoms with Crippen LogP contribution >= 0.6 is 0 Å². The van der Waals surface area contributed by atoms with Crippen molar-refractivity contribution in [3.8, 4) is 33.4 Å². The van der Waals surface area contributed by atoms with Gasteiger partial charge in [0.2, 0.25) is 0 Å². The van der Waals surface area contributed by atoms with Crippen molar-refractivity contribution in [2.75, 3.05) is 0 Å². The third-order valence-corrected chi connectivity index (χ3v) is 5.67. The second-order valence-corrected chi connectivity index (χ2v) is 7.88. The summed E-state index contributed by atoms with van der Waals surface area (Å²) in [5.41, 5.74) is 8.37. The van der Waals surface area contributed by atoms with E-state index in [0.717, 1.165) is 11.0 Å². The van der Waals surface area contributed by atoms with E-state index in [1.165, 1.54) is 33.4 Å². The summed E-state index contributed by atoms with van der Waals surface area (Å²) < 4.78 is 0. The van der Waals surface area contributed by atoms with Crippen LogP contribution in [0.5, 0.6) is 0 Å². The fourth-order valence-electron chi connectivity index (χ4n) is 4.09. The van der Waals surface area contributed by atoms with Gasteiger partial charge >= 0.3 is 0 Å². The van der Waals surface area contributed by atoms with Gasteiger partial charge in [-0.2, -0.15) is 0 Å². The molecule has 0 radical (unpaired) electrons. The lowest BCUT2D eigenvalue weighted by atomic mass is 9.88. The number of fused-ring (bicyclic) bond motifs is 1. The molecule has 2 heteroatoms. The third-order valence-electron chi connectivity index (χ3n) is 5.67. The highest BCUT2D eigenvalue weighted by atomic mass is 14.8. The molecule has 2 heterocycles. The smallest absolute Gasteiger partial charge is 0.159 e. The van der Waals surface area contributed by atoms with Gasteiger partial charge in [0.15, 0.2) is 5.65 Å². The summed E-state index contributed by atoms with van der Waals surface area (Å²) >= 11 is 0. The summed E-state index contributed by atoms with van der Waals surface area (Å²) in [7, 11) is 0. The maximum Gasteiger partial charge on any atom is 0.159 e. The van der Waals surface area contributed by atoms with Crippen molar-refractivity contribution >= 4 is 11.0 Å². The molecule has 0 N–H and O–H groups in total. The van der Waals surface area contributed by atoms with E-state index in [0.29, 0.717) is 0 Å². The molecule has 0 aliphatic heterocycles. The highest BCUT2D eigenvalue weighted by Gasteiger charge is 2.13. The van der Waals surface area contributed by atoms with Gasteiger partial charge < -0.3 is 0 Å². The topological polar surface area (TPSA) is 25.8 Å². The molecular weight excluding hydrogens is 412 g/mol. The standard InChI is InChI=1S/C24H18.C8H6N2/c1-4-11-19(12-5-1)22-17-10-18-23(20-13-6-2-7-14-20)24(22)21-15-8-3-9-16-21;1-3-7-4-2-6-10-8(7)9-5-1/h1-18H;1-6H. The summed E-state index contributed by atoms with van der Waals surface area (Å²) in [4.78, 5) is 8.14. The van der Waals surface area contributed by atoms with Gasteiger partial charge in [-0.15, -0.1) is 0 Å². The van der Waals surface area contributed by atoms with Crippen molar-refractivity contribution < 1.29 is 0 Å². The van der Waals surface area contributed by atoms with E-state index in [1.54, 1.807) is 12.4 Å². The Balaban J connectivity index is 0.000000200. The Kier molecular flexibility index (Phi) is 6.50. The SMILES string of the molecule is c1ccc(-c2cccc(-c3ccccc3)c2-c2ccccc2)cc1.c1cnc2ncccc2c1. The van der Waals surface area contributed by atoms with Crippen LogP contribution in [-0.2, 0) is 0 Å². The maximum atomic E-state index is 4.07. The fraction of sp³-hybridized carbons (Fsp3) is 0. The minimum Gasteiger partial charge on any atom is -0.237 e. The molecule has 0 unspecified atom stereocenters. The lowest BCUT2D eigenvalue weighted by Gasteiger charge is -2.16. The van der Waals surface area contributed by atoms with Gasteiger partial charge in [-0.05, 0) is 57.6 Å². The Morgan fingerprint density at radius 3 is 1.24 bits per heavy atom. The quantitative estimate of drug-likeness (QED) is 0.279. The summed E-state index contributed by atoms with van der Waals surface area (Å²) in [6.07, 6.45) is 3.49. The molecular formula is C32H24N2. The zero-order valence-electron chi connectivity index (χ0n) is 18.8. The molecule has 6 aromatic rings. The van der Waals surface area contributed by atoms with Crippen LogP contribution in [0.1, 0.15) is 0 Å². The highest BCUT2D eigenvalue weighted by molar-refractivity contribution is 5.94. The van der Waals surface area contributed by atoms with E-state index in [-0.39, 0.29) is 0 Å². The monoisotopic (exact) mass is 436 g/mol. The van der Waals surface area contributed by atoms with Gasteiger partial charge in [-0.3, -0.25) is 0 Å². The molecule has 0 saturated carbocycles. The van der Waals surface area contributed by atoms with Crippen molar-refractivity contribution in [2.24, 2.45) is 0 Å². The zero-order chi connectivity index (χ0) is 23.0. The second-order valence-electron chi connectivity index (χ2n) is 7.88. The molecule has 0 aliphatic carbocycles. The minimum absolute atomic E-state index is 0.810. The Hall–Kier alpha value is -4.56. The van der Waals surface area contributed by atoms with E-state index < -0.39 is 0 Å². The van der Waals surface area contributed by atoms with Gasteiger partial charge in [0.05, 0.1) is 0 Å². The van der Waals surface area contributed by atoms with E-state index >= 15 is 0 Å². The van der Waals surface area contributed by atoms with Crippen molar-refractivity contribution in [2.45, 2.75) is 0 Å². The highest BCUT2D eigenvalue weighted by Crippen LogP contribution is 2.39. The van der Waals surface area contributed by atoms with Gasteiger partial charge in [0.1, 0.15) is 0 Å². The Bertz CT molecular complexity index is 1350. The first-order valence-electron chi connectivity index (χ1n) is 11.4. The van der Waals surface area contributed by atoms with Crippen LogP contribution in [0.3, 0.4) is 0 Å². The third kappa shape index (κ3) is 4.77. The molecule has 0 atom stereocenters. The summed E-state index contributed by atoms with van der Waals surface area (Å²) in [6.45, 7) is 0. The number of nitrogens with zero attached hydrogens (tertiary/aromatic N) is 2. The van der Waals surface area contributed by atoms with E-state index in [9.17, 15) is 0 Å². The van der Waals surface area contributed by atoms with Crippen molar-refractivity contribution in [1.29, 1.82) is 0 Å². The van der Waals surface area contributed by atoms with E-state index in [4.69, 9.17) is 0 Å². The maximum absolute atomic E-state index is 4.07. The molecule has 2 aromatic heterocycles. The number of hydrogen-bond donors (Lipinski definition) is 0. The molecule has 34 heavy (non-hydrogen) atoms. The van der Waals surface area contributed by atoms with Crippen LogP contribution in [-0.4, -0.2) is 9.97 Å². The number of pyridine rings is 2. The van der Waals surface area contributed by atoms with Gasteiger partial charge in [-0.1, -0.05) is 109 Å². The van der Waals surface area contributed by atoms with Crippen molar-refractivity contribution in [3.05, 3.63) is 146 Å². The largest absolute Gasteiger partial charge is 0.237 e. The van der Waals surface area contributed by atoms with E-state index in [1.807, 2.05) is 24.3 Å². The van der Waals surface area contributed by atoms with Crippen LogP contribution in [0.25, 0.3) is 44.4 Å². The molecule has 0 spiro atoms. The van der Waals surface area contributed by atoms with Crippen LogP contribution in [0, 0.1) is 0 Å². The molecule has 0 aliphatic rings. The summed E-state index contributed by atoms with van der Waals surface area (Å²) in [5.74, 6) is 0. The average Bonchev–Trinajstić information content (AvgIpc) is 2.94. The van der Waals surface area contributed by atoms with E-state index in [2.05, 4.69) is 119 Å². The lowest BCUT2D eigenvalue weighted by molar-refractivity contribution is 1.29. The normalized spacial score (nSPS) is 10.4. The van der Waals surface area contributed by atoms with Gasteiger partial charge in [0.25, 0.3) is 0 Å². The number of rotatable bonds is 3. The van der Waals surface area contributed by atoms with Gasteiger partial charge in [0, 0.05) is 17.8 Å². The van der Waals surface area contributed by atoms with Gasteiger partial charge in [-0.25, -0.2) is 9.97 Å². The zero-order valence-corrected chi connectivity index (χ0v) is 18.8. The predicted octanol–water partition coefficient (Wildman–Crippen LogP) is 8.32. The number of aromatic nitrogens is 2. The average molecular weight is 437 g/mol. The fourth-order valence-corrected chi connectivity index (χ4v) is 4.09. The molecule has 4 aromatic carbocycles. The predicted molar refractivity (Wildman–Crippen MR) is 142 cm³/mol. The molecule has 162 valence electrons. The molecule has 0 fully saturated rings. The molecule has 6 rings (SSSR count). The molecule has 0 amide bonds. The molecule has 2 nitrogen and oxygen atoms in total. The first kappa shape index (κ1) is 21.3. The second kappa shape index (κ2) is 10.4. The summed E-state index contributed by atoms with van der Waals surface area (Å²) in [6, 6.07) is 46.2. The van der Waals surface area contributed by atoms with Crippen molar-refractivity contribution in [3.63, 3.8) is 0 Å². The van der Waals surface area contributed by atoms with Crippen LogP contribution in [0.2, 0.25) is 0 Å². The Morgan fingerprint density at radius 1 is 0.353 bits per heavy atom. The number of hydrogen-bond acceptors (Lipinski definition) is 2. The molecule has 0 bridgehead atoms. The Labute approximate surface area is 200 Å². The first-order chi connectivity index (χ1) is 16.9. The molecule has 0 saturated heterocycles. The van der Waals surface area contributed by atoms with Crippen LogP contribution in [0.4, 0.5) is 0 Å². The number of benzene rings is 4. The van der Waals surface area contributed by atoms with Crippen molar-refractivity contribution in [1.82, 2.24) is 9.97 Å². The summed E-state index contributed by atoms with van der Waals surface area (Å²) in [5, 5.41) is 1.09.